The van der Waals surface area contributed by atoms with Crippen molar-refractivity contribution in [2.24, 2.45) is 0 Å². The zero-order valence-electron chi connectivity index (χ0n) is 12.5. The summed E-state index contributed by atoms with van der Waals surface area (Å²) in [5.74, 6) is 0.120. The van der Waals surface area contributed by atoms with Crippen LogP contribution in [-0.2, 0) is 6.54 Å². The fourth-order valence-electron chi connectivity index (χ4n) is 2.84. The Morgan fingerprint density at radius 1 is 1.38 bits per heavy atom. The van der Waals surface area contributed by atoms with Gasteiger partial charge in [0.15, 0.2) is 0 Å². The Labute approximate surface area is 128 Å². The largest absolute Gasteiger partial charge is 0.333 e. The molecule has 0 saturated carbocycles. The highest BCUT2D eigenvalue weighted by molar-refractivity contribution is 7.13. The third kappa shape index (κ3) is 3.15. The number of nitrogens with zero attached hydrogens (tertiary/aromatic N) is 4. The van der Waals surface area contributed by atoms with E-state index >= 15 is 0 Å². The molecule has 2 aromatic rings. The number of hydrogen-bond donors (Lipinski definition) is 0. The van der Waals surface area contributed by atoms with Gasteiger partial charge in [-0.1, -0.05) is 0 Å². The third-order valence-corrected chi connectivity index (χ3v) is 4.78. The van der Waals surface area contributed by atoms with Crippen molar-refractivity contribution in [3.05, 3.63) is 34.0 Å². The molecule has 1 amide bonds. The molecule has 21 heavy (non-hydrogen) atoms. The Morgan fingerprint density at radius 2 is 2.24 bits per heavy atom. The first-order valence-corrected chi connectivity index (χ1v) is 8.17. The number of piperidine rings is 1. The van der Waals surface area contributed by atoms with Crippen molar-refractivity contribution in [1.29, 1.82) is 0 Å². The van der Waals surface area contributed by atoms with Gasteiger partial charge < -0.3 is 4.90 Å². The van der Waals surface area contributed by atoms with E-state index in [1.165, 1.54) is 17.8 Å². The monoisotopic (exact) mass is 304 g/mol. The summed E-state index contributed by atoms with van der Waals surface area (Å²) in [5.41, 5.74) is 1.15. The number of hydrogen-bond acceptors (Lipinski definition) is 4. The van der Waals surface area contributed by atoms with E-state index in [4.69, 9.17) is 0 Å². The number of carbonyl (C=O) groups excluding carboxylic acids is 1. The van der Waals surface area contributed by atoms with Gasteiger partial charge in [-0.05, 0) is 38.7 Å². The van der Waals surface area contributed by atoms with Crippen LogP contribution in [0.2, 0.25) is 0 Å². The topological polar surface area (TPSA) is 51.0 Å². The summed E-state index contributed by atoms with van der Waals surface area (Å²) in [6.07, 6.45) is 8.90. The van der Waals surface area contributed by atoms with Gasteiger partial charge >= 0.3 is 0 Å². The summed E-state index contributed by atoms with van der Waals surface area (Å²) in [4.78, 5) is 19.6. The molecule has 1 saturated heterocycles. The maximum Gasteiger partial charge on any atom is 0.265 e. The zero-order chi connectivity index (χ0) is 14.8. The fraction of sp³-hybridized carbons (Fsp3) is 0.533. The van der Waals surface area contributed by atoms with E-state index in [1.54, 1.807) is 6.20 Å². The molecule has 0 bridgehead atoms. The smallest absolute Gasteiger partial charge is 0.265 e. The lowest BCUT2D eigenvalue weighted by atomic mass is 10.0. The molecule has 3 rings (SSSR count). The van der Waals surface area contributed by atoms with Crippen LogP contribution in [0.15, 0.2) is 18.6 Å². The van der Waals surface area contributed by atoms with E-state index in [-0.39, 0.29) is 11.9 Å². The second-order valence-corrected chi connectivity index (χ2v) is 6.87. The molecule has 0 N–H and O–H groups in total. The van der Waals surface area contributed by atoms with Crippen molar-refractivity contribution in [3.8, 4) is 0 Å². The zero-order valence-corrected chi connectivity index (χ0v) is 13.3. The normalized spacial score (nSPS) is 19.0. The van der Waals surface area contributed by atoms with Crippen LogP contribution in [0.1, 0.15) is 39.5 Å². The van der Waals surface area contributed by atoms with Gasteiger partial charge in [0, 0.05) is 12.7 Å². The number of aryl methyl sites for hydroxylation is 2. The Bertz CT molecular complexity index is 633. The Morgan fingerprint density at radius 3 is 2.90 bits per heavy atom. The van der Waals surface area contributed by atoms with E-state index in [1.807, 2.05) is 35.8 Å². The average molecular weight is 304 g/mol. The predicted octanol–water partition coefficient (Wildman–Crippen LogP) is 2.65. The maximum absolute atomic E-state index is 12.7. The summed E-state index contributed by atoms with van der Waals surface area (Å²) in [6, 6.07) is 0.230. The van der Waals surface area contributed by atoms with E-state index < -0.39 is 0 Å². The summed E-state index contributed by atoms with van der Waals surface area (Å²) >= 11 is 1.48. The first kappa shape index (κ1) is 14.3. The van der Waals surface area contributed by atoms with E-state index in [2.05, 4.69) is 10.1 Å². The predicted molar refractivity (Wildman–Crippen MR) is 82.5 cm³/mol. The molecule has 1 fully saturated rings. The van der Waals surface area contributed by atoms with Gasteiger partial charge in [0.25, 0.3) is 5.91 Å². The van der Waals surface area contributed by atoms with Crippen LogP contribution in [0.25, 0.3) is 0 Å². The molecule has 0 aromatic carbocycles. The van der Waals surface area contributed by atoms with Gasteiger partial charge in [0.2, 0.25) is 0 Å². The lowest BCUT2D eigenvalue weighted by Crippen LogP contribution is -2.45. The van der Waals surface area contributed by atoms with Crippen LogP contribution >= 0.6 is 11.3 Å². The molecule has 0 unspecified atom stereocenters. The summed E-state index contributed by atoms with van der Waals surface area (Å²) in [7, 11) is 0. The summed E-state index contributed by atoms with van der Waals surface area (Å²) in [6.45, 7) is 5.58. The van der Waals surface area contributed by atoms with Gasteiger partial charge in [-0.2, -0.15) is 5.10 Å². The molecule has 112 valence electrons. The van der Waals surface area contributed by atoms with Gasteiger partial charge in [0.05, 0.1) is 30.0 Å². The first-order chi connectivity index (χ1) is 10.1. The number of aromatic nitrogens is 3. The highest BCUT2D eigenvalue weighted by atomic mass is 32.1. The Balaban J connectivity index is 1.76. The molecule has 1 aliphatic heterocycles. The minimum absolute atomic E-state index is 0.120. The molecule has 3 heterocycles. The molecule has 1 atom stereocenters. The Kier molecular flexibility index (Phi) is 4.05. The van der Waals surface area contributed by atoms with Crippen molar-refractivity contribution in [3.63, 3.8) is 0 Å². The summed E-state index contributed by atoms with van der Waals surface area (Å²) < 4.78 is 1.95. The van der Waals surface area contributed by atoms with Crippen molar-refractivity contribution in [2.75, 3.05) is 6.54 Å². The summed E-state index contributed by atoms with van der Waals surface area (Å²) in [5, 5.41) is 5.29. The molecule has 6 heteroatoms. The number of thiazole rings is 1. The van der Waals surface area contributed by atoms with E-state index in [0.29, 0.717) is 0 Å². The van der Waals surface area contributed by atoms with Crippen LogP contribution in [0.3, 0.4) is 0 Å². The molecule has 5 nitrogen and oxygen atoms in total. The maximum atomic E-state index is 12.7. The average Bonchev–Trinajstić information content (AvgIpc) is 3.08. The van der Waals surface area contributed by atoms with Crippen molar-refractivity contribution < 1.29 is 4.79 Å². The minimum Gasteiger partial charge on any atom is -0.333 e. The van der Waals surface area contributed by atoms with E-state index in [9.17, 15) is 4.79 Å². The Hall–Kier alpha value is -1.69. The van der Waals surface area contributed by atoms with Gasteiger partial charge in [-0.15, -0.1) is 11.3 Å². The minimum atomic E-state index is 0.120. The SMILES string of the molecule is Cc1cnn(C[C@H]2CCCCN2C(=O)c2cnc(C)s2)c1. The molecule has 0 radical (unpaired) electrons. The molecule has 2 aromatic heterocycles. The van der Waals surface area contributed by atoms with Crippen LogP contribution < -0.4 is 0 Å². The number of rotatable bonds is 3. The number of carbonyl (C=O) groups is 1. The van der Waals surface area contributed by atoms with Crippen molar-refractivity contribution in [2.45, 2.75) is 45.7 Å². The van der Waals surface area contributed by atoms with Crippen LogP contribution in [0, 0.1) is 13.8 Å². The molecular formula is C15H20N4OS. The lowest BCUT2D eigenvalue weighted by molar-refractivity contribution is 0.0588. The highest BCUT2D eigenvalue weighted by Gasteiger charge is 2.28. The molecular weight excluding hydrogens is 284 g/mol. The number of likely N-dealkylation sites (tertiary alicyclic amines) is 1. The third-order valence-electron chi connectivity index (χ3n) is 3.88. The quantitative estimate of drug-likeness (QED) is 0.876. The van der Waals surface area contributed by atoms with Gasteiger partial charge in [-0.25, -0.2) is 4.98 Å². The fourth-order valence-corrected chi connectivity index (χ4v) is 3.58. The van der Waals surface area contributed by atoms with Crippen LogP contribution in [0.5, 0.6) is 0 Å². The van der Waals surface area contributed by atoms with Gasteiger partial charge in [-0.3, -0.25) is 9.48 Å². The second kappa shape index (κ2) is 5.97. The lowest BCUT2D eigenvalue weighted by Gasteiger charge is -2.35. The van der Waals surface area contributed by atoms with Crippen molar-refractivity contribution >= 4 is 17.2 Å². The number of amides is 1. The van der Waals surface area contributed by atoms with Gasteiger partial charge in [0.1, 0.15) is 4.88 Å². The van der Waals surface area contributed by atoms with E-state index in [0.717, 1.165) is 41.4 Å². The molecule has 0 spiro atoms. The highest BCUT2D eigenvalue weighted by Crippen LogP contribution is 2.23. The van der Waals surface area contributed by atoms with Crippen molar-refractivity contribution in [1.82, 2.24) is 19.7 Å². The van der Waals surface area contributed by atoms with Crippen LogP contribution in [0.4, 0.5) is 0 Å². The molecule has 0 aliphatic carbocycles. The standard InChI is InChI=1S/C15H20N4OS/c1-11-7-17-18(9-11)10-13-5-3-4-6-19(13)15(20)14-8-16-12(2)21-14/h7-9,13H,3-6,10H2,1-2H3/t13-/m1/s1. The first-order valence-electron chi connectivity index (χ1n) is 7.36. The van der Waals surface area contributed by atoms with Crippen LogP contribution in [-0.4, -0.2) is 38.2 Å². The second-order valence-electron chi connectivity index (χ2n) is 5.63. The molecule has 1 aliphatic rings.